The van der Waals surface area contributed by atoms with E-state index in [2.05, 4.69) is 30.5 Å². The summed E-state index contributed by atoms with van der Waals surface area (Å²) in [5, 5.41) is 0. The average molecular weight is 619 g/mol. The number of esters is 1. The van der Waals surface area contributed by atoms with Crippen LogP contribution in [0.4, 0.5) is 0 Å². The molecule has 0 saturated carbocycles. The zero-order valence-electron chi connectivity index (χ0n) is 27.4. The fourth-order valence-electron chi connectivity index (χ4n) is 4.96. The third-order valence-electron chi connectivity index (χ3n) is 7.57. The van der Waals surface area contributed by atoms with Gasteiger partial charge in [-0.15, -0.1) is 0 Å². The Labute approximate surface area is 259 Å². The van der Waals surface area contributed by atoms with Gasteiger partial charge in [-0.25, -0.2) is 4.57 Å². The van der Waals surface area contributed by atoms with Crippen molar-refractivity contribution in [3.63, 3.8) is 0 Å². The van der Waals surface area contributed by atoms with E-state index in [9.17, 15) is 9.36 Å². The summed E-state index contributed by atoms with van der Waals surface area (Å²) in [7, 11) is -4.64. The summed E-state index contributed by atoms with van der Waals surface area (Å²) in [4.78, 5) is 30.4. The van der Waals surface area contributed by atoms with Crippen molar-refractivity contribution in [3.8, 4) is 0 Å². The molecule has 1 atom stereocenters. The van der Waals surface area contributed by atoms with Gasteiger partial charge in [0.1, 0.15) is 6.10 Å². The highest BCUT2D eigenvalue weighted by atomic mass is 31.2. The lowest BCUT2D eigenvalue weighted by Gasteiger charge is -2.18. The van der Waals surface area contributed by atoms with Gasteiger partial charge in [0, 0.05) is 13.0 Å². The van der Waals surface area contributed by atoms with Crippen LogP contribution in [0.3, 0.4) is 0 Å². The molecule has 0 amide bonds. The highest BCUT2D eigenvalue weighted by molar-refractivity contribution is 7.46. The second-order valence-electron chi connectivity index (χ2n) is 11.8. The third kappa shape index (κ3) is 33.8. The molecule has 42 heavy (non-hydrogen) atoms. The summed E-state index contributed by atoms with van der Waals surface area (Å²) in [6.07, 6.45) is 33.4. The largest absolute Gasteiger partial charge is 0.469 e. The Bertz CT molecular complexity index is 650. The first kappa shape index (κ1) is 41.3. The van der Waals surface area contributed by atoms with Crippen molar-refractivity contribution in [2.24, 2.45) is 0 Å². The molecule has 0 aromatic heterocycles. The monoisotopic (exact) mass is 618 g/mol. The third-order valence-corrected chi connectivity index (χ3v) is 8.05. The van der Waals surface area contributed by atoms with Crippen LogP contribution in [-0.4, -0.2) is 41.7 Å². The quantitative estimate of drug-likeness (QED) is 0.0326. The number of phosphoric acid groups is 1. The van der Waals surface area contributed by atoms with Crippen LogP contribution in [0.25, 0.3) is 0 Å². The molecule has 2 N–H and O–H groups in total. The summed E-state index contributed by atoms with van der Waals surface area (Å²) < 4.78 is 26.8. The van der Waals surface area contributed by atoms with Gasteiger partial charge < -0.3 is 19.3 Å². The SMILES string of the molecule is CCCCC/C=C\CCCCCCCC(=O)O[C@H](COCCCCCCCCCCCCCCCC)COP(=O)(O)O. The lowest BCUT2D eigenvalue weighted by atomic mass is 10.0. The summed E-state index contributed by atoms with van der Waals surface area (Å²) in [6.45, 7) is 4.72. The van der Waals surface area contributed by atoms with Crippen molar-refractivity contribution in [1.82, 2.24) is 0 Å². The second-order valence-corrected chi connectivity index (χ2v) is 13.1. The smallest absolute Gasteiger partial charge is 0.457 e. The van der Waals surface area contributed by atoms with Gasteiger partial charge in [-0.3, -0.25) is 9.32 Å². The minimum absolute atomic E-state index is 0.0795. The Morgan fingerprint density at radius 2 is 1.05 bits per heavy atom. The van der Waals surface area contributed by atoms with Crippen molar-refractivity contribution >= 4 is 13.8 Å². The minimum atomic E-state index is -4.64. The molecule has 0 saturated heterocycles. The van der Waals surface area contributed by atoms with Crippen LogP contribution < -0.4 is 0 Å². The van der Waals surface area contributed by atoms with Crippen LogP contribution in [-0.2, 0) is 23.4 Å². The van der Waals surface area contributed by atoms with Crippen molar-refractivity contribution in [2.45, 2.75) is 180 Å². The summed E-state index contributed by atoms with van der Waals surface area (Å²) in [5.41, 5.74) is 0. The molecule has 0 bridgehead atoms. The van der Waals surface area contributed by atoms with Gasteiger partial charge in [-0.05, 0) is 38.5 Å². The lowest BCUT2D eigenvalue weighted by Crippen LogP contribution is -2.28. The van der Waals surface area contributed by atoms with Crippen molar-refractivity contribution < 1.29 is 33.1 Å². The van der Waals surface area contributed by atoms with Crippen LogP contribution >= 0.6 is 7.82 Å². The standard InChI is InChI=1S/C34H67O7P/c1-3-5-7-9-11-13-15-17-18-20-22-24-26-28-30-39-31-33(32-40-42(36,37)38)41-34(35)29-27-25-23-21-19-16-14-12-10-8-6-4-2/h12,14,33H,3-11,13,15-32H2,1-2H3,(H2,36,37,38)/b14-12-/t33-/m1/s1. The van der Waals surface area contributed by atoms with Crippen LogP contribution in [0.15, 0.2) is 12.2 Å². The number of carbonyl (C=O) groups excluding carboxylic acids is 1. The summed E-state index contributed by atoms with van der Waals surface area (Å²) >= 11 is 0. The molecular formula is C34H67O7P. The van der Waals surface area contributed by atoms with E-state index in [-0.39, 0.29) is 19.2 Å². The second kappa shape index (κ2) is 31.7. The molecule has 8 heteroatoms. The maximum absolute atomic E-state index is 12.3. The molecule has 0 heterocycles. The van der Waals surface area contributed by atoms with E-state index in [1.807, 2.05) is 0 Å². The first-order valence-corrected chi connectivity index (χ1v) is 19.0. The highest BCUT2D eigenvalue weighted by Crippen LogP contribution is 2.35. The highest BCUT2D eigenvalue weighted by Gasteiger charge is 2.21. The molecular weight excluding hydrogens is 551 g/mol. The van der Waals surface area contributed by atoms with E-state index >= 15 is 0 Å². The maximum atomic E-state index is 12.3. The first-order chi connectivity index (χ1) is 20.4. The minimum Gasteiger partial charge on any atom is -0.457 e. The van der Waals surface area contributed by atoms with Gasteiger partial charge in [-0.1, -0.05) is 142 Å². The van der Waals surface area contributed by atoms with Crippen LogP contribution in [0.5, 0.6) is 0 Å². The molecule has 0 rings (SSSR count). The van der Waals surface area contributed by atoms with E-state index in [1.54, 1.807) is 0 Å². The lowest BCUT2D eigenvalue weighted by molar-refractivity contribution is -0.154. The molecule has 0 aromatic carbocycles. The molecule has 0 aliphatic heterocycles. The van der Waals surface area contributed by atoms with Gasteiger partial charge in [0.05, 0.1) is 13.2 Å². The van der Waals surface area contributed by atoms with Gasteiger partial charge in [0.2, 0.25) is 0 Å². The Balaban J connectivity index is 3.84. The number of phosphoric ester groups is 1. The van der Waals surface area contributed by atoms with Gasteiger partial charge >= 0.3 is 13.8 Å². The first-order valence-electron chi connectivity index (χ1n) is 17.5. The molecule has 7 nitrogen and oxygen atoms in total. The van der Waals surface area contributed by atoms with E-state index < -0.39 is 13.9 Å². The van der Waals surface area contributed by atoms with Gasteiger partial charge in [-0.2, -0.15) is 0 Å². The van der Waals surface area contributed by atoms with Crippen molar-refractivity contribution in [2.75, 3.05) is 19.8 Å². The molecule has 0 unspecified atom stereocenters. The number of ether oxygens (including phenoxy) is 2. The number of hydrogen-bond donors (Lipinski definition) is 2. The number of allylic oxidation sites excluding steroid dienone is 2. The Morgan fingerprint density at radius 3 is 1.57 bits per heavy atom. The maximum Gasteiger partial charge on any atom is 0.469 e. The summed E-state index contributed by atoms with van der Waals surface area (Å²) in [5.74, 6) is -0.371. The van der Waals surface area contributed by atoms with Crippen LogP contribution in [0.1, 0.15) is 174 Å². The molecule has 0 fully saturated rings. The summed E-state index contributed by atoms with van der Waals surface area (Å²) in [6, 6.07) is 0. The molecule has 0 radical (unpaired) electrons. The molecule has 250 valence electrons. The number of hydrogen-bond acceptors (Lipinski definition) is 5. The van der Waals surface area contributed by atoms with E-state index in [4.69, 9.17) is 19.3 Å². The predicted octanol–water partition coefficient (Wildman–Crippen LogP) is 10.4. The zero-order valence-corrected chi connectivity index (χ0v) is 28.3. The van der Waals surface area contributed by atoms with Gasteiger partial charge in [0.15, 0.2) is 0 Å². The van der Waals surface area contributed by atoms with Crippen molar-refractivity contribution in [1.29, 1.82) is 0 Å². The Hall–Kier alpha value is -0.720. The number of carbonyl (C=O) groups is 1. The zero-order chi connectivity index (χ0) is 31.0. The molecule has 0 aromatic rings. The average Bonchev–Trinajstić information content (AvgIpc) is 2.95. The van der Waals surface area contributed by atoms with E-state index in [0.717, 1.165) is 44.9 Å². The van der Waals surface area contributed by atoms with E-state index in [1.165, 1.54) is 109 Å². The number of rotatable bonds is 33. The molecule has 0 aliphatic rings. The number of unbranched alkanes of at least 4 members (excludes halogenated alkanes) is 21. The van der Waals surface area contributed by atoms with Crippen LogP contribution in [0.2, 0.25) is 0 Å². The normalized spacial score (nSPS) is 12.8. The Morgan fingerprint density at radius 1 is 0.619 bits per heavy atom. The predicted molar refractivity (Wildman–Crippen MR) is 175 cm³/mol. The van der Waals surface area contributed by atoms with Gasteiger partial charge in [0.25, 0.3) is 0 Å². The fourth-order valence-corrected chi connectivity index (χ4v) is 5.32. The topological polar surface area (TPSA) is 102 Å². The Kier molecular flexibility index (Phi) is 31.2. The molecule has 0 spiro atoms. The fraction of sp³-hybridized carbons (Fsp3) is 0.912. The molecule has 0 aliphatic carbocycles. The van der Waals surface area contributed by atoms with Crippen LogP contribution in [0, 0.1) is 0 Å². The van der Waals surface area contributed by atoms with Crippen molar-refractivity contribution in [3.05, 3.63) is 12.2 Å². The van der Waals surface area contributed by atoms with E-state index in [0.29, 0.717) is 13.0 Å².